The van der Waals surface area contributed by atoms with E-state index in [2.05, 4.69) is 32.9 Å². The molecule has 0 aliphatic rings. The van der Waals surface area contributed by atoms with Gasteiger partial charge < -0.3 is 9.84 Å². The lowest BCUT2D eigenvalue weighted by Gasteiger charge is -2.23. The van der Waals surface area contributed by atoms with Gasteiger partial charge in [-0.25, -0.2) is 0 Å². The topological polar surface area (TPSA) is 29.5 Å². The number of ether oxygens (including phenoxy) is 1. The second-order valence-electron chi connectivity index (χ2n) is 6.08. The average molecular weight is 284 g/mol. The Morgan fingerprint density at radius 1 is 1.05 bits per heavy atom. The maximum Gasteiger partial charge on any atom is 0.133 e. The SMILES string of the molecule is CCC(C)(C)c1ccc(Oc2ccccc2[C@@H](C)O)cc1. The maximum atomic E-state index is 9.79. The molecule has 0 saturated heterocycles. The molecule has 2 nitrogen and oxygen atoms in total. The summed E-state index contributed by atoms with van der Waals surface area (Å²) in [5.74, 6) is 1.49. The molecule has 0 spiro atoms. The summed E-state index contributed by atoms with van der Waals surface area (Å²) >= 11 is 0. The molecule has 0 radical (unpaired) electrons. The van der Waals surface area contributed by atoms with E-state index in [0.29, 0.717) is 5.75 Å². The first kappa shape index (κ1) is 15.6. The number of aliphatic hydroxyl groups is 1. The Labute approximate surface area is 127 Å². The van der Waals surface area contributed by atoms with Crippen LogP contribution in [0.25, 0.3) is 0 Å². The Morgan fingerprint density at radius 2 is 1.67 bits per heavy atom. The average Bonchev–Trinajstić information content (AvgIpc) is 2.48. The van der Waals surface area contributed by atoms with E-state index < -0.39 is 6.10 Å². The van der Waals surface area contributed by atoms with E-state index in [1.165, 1.54) is 5.56 Å². The molecule has 0 heterocycles. The van der Waals surface area contributed by atoms with Crippen molar-refractivity contribution in [1.29, 1.82) is 0 Å². The summed E-state index contributed by atoms with van der Waals surface area (Å²) in [6.45, 7) is 8.43. The fraction of sp³-hybridized carbons (Fsp3) is 0.368. The molecule has 0 aromatic heterocycles. The standard InChI is InChI=1S/C19H24O2/c1-5-19(3,4)15-10-12-16(13-11-15)21-18-9-7-6-8-17(18)14(2)20/h6-14,20H,5H2,1-4H3/t14-/m1/s1. The van der Waals surface area contributed by atoms with Crippen LogP contribution < -0.4 is 4.74 Å². The van der Waals surface area contributed by atoms with Gasteiger partial charge in [0, 0.05) is 5.56 Å². The van der Waals surface area contributed by atoms with E-state index in [-0.39, 0.29) is 5.41 Å². The second-order valence-corrected chi connectivity index (χ2v) is 6.08. The number of hydrogen-bond donors (Lipinski definition) is 1. The largest absolute Gasteiger partial charge is 0.457 e. The van der Waals surface area contributed by atoms with Crippen molar-refractivity contribution >= 4 is 0 Å². The molecule has 0 bridgehead atoms. The summed E-state index contributed by atoms with van der Waals surface area (Å²) in [5.41, 5.74) is 2.28. The third-order valence-electron chi connectivity index (χ3n) is 4.12. The highest BCUT2D eigenvalue weighted by atomic mass is 16.5. The highest BCUT2D eigenvalue weighted by Gasteiger charge is 2.17. The minimum atomic E-state index is -0.542. The first-order valence-electron chi connectivity index (χ1n) is 7.49. The van der Waals surface area contributed by atoms with E-state index in [1.807, 2.05) is 36.4 Å². The van der Waals surface area contributed by atoms with Gasteiger partial charge in [-0.2, -0.15) is 0 Å². The zero-order chi connectivity index (χ0) is 15.5. The minimum absolute atomic E-state index is 0.177. The van der Waals surface area contributed by atoms with Crippen LogP contribution in [0.2, 0.25) is 0 Å². The van der Waals surface area contributed by atoms with Gasteiger partial charge in [-0.3, -0.25) is 0 Å². The molecule has 2 aromatic carbocycles. The predicted octanol–water partition coefficient (Wildman–Crippen LogP) is 5.22. The lowest BCUT2D eigenvalue weighted by atomic mass is 9.82. The van der Waals surface area contributed by atoms with Crippen molar-refractivity contribution in [3.8, 4) is 11.5 Å². The van der Waals surface area contributed by atoms with Gasteiger partial charge in [0.15, 0.2) is 0 Å². The van der Waals surface area contributed by atoms with Crippen molar-refractivity contribution in [2.75, 3.05) is 0 Å². The van der Waals surface area contributed by atoms with Gasteiger partial charge in [0.1, 0.15) is 11.5 Å². The number of rotatable bonds is 5. The van der Waals surface area contributed by atoms with Gasteiger partial charge in [-0.1, -0.05) is 51.1 Å². The highest BCUT2D eigenvalue weighted by Crippen LogP contribution is 2.32. The predicted molar refractivity (Wildman–Crippen MR) is 86.9 cm³/mol. The molecule has 1 atom stereocenters. The van der Waals surface area contributed by atoms with Crippen LogP contribution in [0.5, 0.6) is 11.5 Å². The fourth-order valence-corrected chi connectivity index (χ4v) is 2.22. The van der Waals surface area contributed by atoms with Crippen LogP contribution in [-0.2, 0) is 5.41 Å². The van der Waals surface area contributed by atoms with Crippen molar-refractivity contribution in [2.24, 2.45) is 0 Å². The zero-order valence-electron chi connectivity index (χ0n) is 13.3. The zero-order valence-corrected chi connectivity index (χ0v) is 13.3. The Bertz CT molecular complexity index is 583. The van der Waals surface area contributed by atoms with Crippen molar-refractivity contribution < 1.29 is 9.84 Å². The van der Waals surface area contributed by atoms with Gasteiger partial charge in [0.2, 0.25) is 0 Å². The second kappa shape index (κ2) is 6.31. The van der Waals surface area contributed by atoms with E-state index in [0.717, 1.165) is 17.7 Å². The van der Waals surface area contributed by atoms with Crippen LogP contribution in [0.15, 0.2) is 48.5 Å². The van der Waals surface area contributed by atoms with Crippen LogP contribution in [0.3, 0.4) is 0 Å². The van der Waals surface area contributed by atoms with E-state index >= 15 is 0 Å². The third kappa shape index (κ3) is 3.64. The van der Waals surface area contributed by atoms with Crippen molar-refractivity contribution in [3.05, 3.63) is 59.7 Å². The van der Waals surface area contributed by atoms with Gasteiger partial charge in [-0.15, -0.1) is 0 Å². The summed E-state index contributed by atoms with van der Waals surface area (Å²) in [7, 11) is 0. The molecular formula is C19H24O2. The van der Waals surface area contributed by atoms with Gasteiger partial charge in [-0.05, 0) is 42.5 Å². The molecule has 0 aliphatic heterocycles. The Balaban J connectivity index is 2.22. The summed E-state index contributed by atoms with van der Waals surface area (Å²) in [4.78, 5) is 0. The monoisotopic (exact) mass is 284 g/mol. The number of benzene rings is 2. The van der Waals surface area contributed by atoms with Crippen LogP contribution in [-0.4, -0.2) is 5.11 Å². The van der Waals surface area contributed by atoms with Crippen molar-refractivity contribution in [2.45, 2.75) is 45.6 Å². The van der Waals surface area contributed by atoms with Crippen LogP contribution >= 0.6 is 0 Å². The maximum absolute atomic E-state index is 9.79. The molecule has 2 aromatic rings. The molecule has 2 heteroatoms. The van der Waals surface area contributed by atoms with Crippen molar-refractivity contribution in [3.63, 3.8) is 0 Å². The normalized spacial score (nSPS) is 13.0. The lowest BCUT2D eigenvalue weighted by molar-refractivity contribution is 0.195. The number of hydrogen-bond acceptors (Lipinski definition) is 2. The summed E-state index contributed by atoms with van der Waals surface area (Å²) in [6, 6.07) is 15.8. The van der Waals surface area contributed by atoms with E-state index in [4.69, 9.17) is 4.74 Å². The molecular weight excluding hydrogens is 260 g/mol. The van der Waals surface area contributed by atoms with Gasteiger partial charge in [0.25, 0.3) is 0 Å². The third-order valence-corrected chi connectivity index (χ3v) is 4.12. The van der Waals surface area contributed by atoms with Crippen molar-refractivity contribution in [1.82, 2.24) is 0 Å². The molecule has 0 saturated carbocycles. The summed E-state index contributed by atoms with van der Waals surface area (Å²) in [6.07, 6.45) is 0.553. The molecule has 21 heavy (non-hydrogen) atoms. The number of para-hydroxylation sites is 1. The van der Waals surface area contributed by atoms with Gasteiger partial charge >= 0.3 is 0 Å². The molecule has 0 aliphatic carbocycles. The first-order chi connectivity index (χ1) is 9.94. The molecule has 112 valence electrons. The smallest absolute Gasteiger partial charge is 0.133 e. The van der Waals surface area contributed by atoms with E-state index in [1.54, 1.807) is 6.92 Å². The number of aliphatic hydroxyl groups excluding tert-OH is 1. The minimum Gasteiger partial charge on any atom is -0.457 e. The fourth-order valence-electron chi connectivity index (χ4n) is 2.22. The van der Waals surface area contributed by atoms with E-state index in [9.17, 15) is 5.11 Å². The molecule has 0 unspecified atom stereocenters. The Kier molecular flexibility index (Phi) is 4.69. The van der Waals surface area contributed by atoms with Crippen LogP contribution in [0.4, 0.5) is 0 Å². The molecule has 0 fully saturated rings. The quantitative estimate of drug-likeness (QED) is 0.815. The van der Waals surface area contributed by atoms with Gasteiger partial charge in [0.05, 0.1) is 6.10 Å². The molecule has 2 rings (SSSR count). The lowest BCUT2D eigenvalue weighted by Crippen LogP contribution is -2.14. The Morgan fingerprint density at radius 3 is 2.24 bits per heavy atom. The Hall–Kier alpha value is -1.80. The van der Waals surface area contributed by atoms with Crippen LogP contribution in [0.1, 0.15) is 51.3 Å². The molecule has 0 amide bonds. The highest BCUT2D eigenvalue weighted by molar-refractivity contribution is 5.40. The first-order valence-corrected chi connectivity index (χ1v) is 7.49. The summed E-state index contributed by atoms with van der Waals surface area (Å²) < 4.78 is 5.91. The summed E-state index contributed by atoms with van der Waals surface area (Å²) in [5, 5.41) is 9.79. The van der Waals surface area contributed by atoms with Crippen LogP contribution in [0, 0.1) is 0 Å². The molecule has 1 N–H and O–H groups in total.